The summed E-state index contributed by atoms with van der Waals surface area (Å²) in [6.07, 6.45) is 1.62. The van der Waals surface area contributed by atoms with E-state index in [-0.39, 0.29) is 12.2 Å². The average Bonchev–Trinajstić information content (AvgIpc) is 2.63. The average molecular weight is 325 g/mol. The van der Waals surface area contributed by atoms with Crippen LogP contribution in [0.2, 0.25) is 0 Å². The van der Waals surface area contributed by atoms with E-state index in [2.05, 4.69) is 26.1 Å². The summed E-state index contributed by atoms with van der Waals surface area (Å²) in [5.41, 5.74) is 0.818. The third-order valence-electron chi connectivity index (χ3n) is 2.46. The first kappa shape index (κ1) is 13.0. The Hall–Kier alpha value is -0.440. The Balaban J connectivity index is 2.02. The van der Waals surface area contributed by atoms with Crippen molar-refractivity contribution in [3.63, 3.8) is 0 Å². The fourth-order valence-corrected chi connectivity index (χ4v) is 2.80. The van der Waals surface area contributed by atoms with Crippen molar-refractivity contribution in [3.8, 4) is 0 Å². The van der Waals surface area contributed by atoms with Crippen LogP contribution >= 0.6 is 15.9 Å². The molecule has 1 aromatic heterocycles. The third kappa shape index (κ3) is 3.77. The van der Waals surface area contributed by atoms with Gasteiger partial charge >= 0.3 is 0 Å². The van der Waals surface area contributed by atoms with Crippen LogP contribution in [0, 0.1) is 0 Å². The van der Waals surface area contributed by atoms with Gasteiger partial charge < -0.3 is 4.74 Å². The van der Waals surface area contributed by atoms with E-state index < -0.39 is 10.1 Å². The Kier molecular flexibility index (Phi) is 3.86. The van der Waals surface area contributed by atoms with Gasteiger partial charge in [0.2, 0.25) is 0 Å². The standard InChI is InChI=1S/C9H13BrN2O4S/c1-17(13,14)16-6-2-3-15-8(4-6)7-5-9(10)12-11-7/h5-6,8H,2-4H2,1H3,(H,11,12). The van der Waals surface area contributed by atoms with Crippen LogP contribution in [0.5, 0.6) is 0 Å². The maximum absolute atomic E-state index is 11.1. The van der Waals surface area contributed by atoms with Crippen molar-refractivity contribution < 1.29 is 17.3 Å². The number of ether oxygens (including phenoxy) is 1. The molecular weight excluding hydrogens is 312 g/mol. The summed E-state index contributed by atoms with van der Waals surface area (Å²) in [4.78, 5) is 0. The van der Waals surface area contributed by atoms with Gasteiger partial charge in [0.15, 0.2) is 0 Å². The van der Waals surface area contributed by atoms with Crippen molar-refractivity contribution >= 4 is 26.0 Å². The van der Waals surface area contributed by atoms with E-state index in [0.717, 1.165) is 11.9 Å². The van der Waals surface area contributed by atoms with Crippen LogP contribution in [0.3, 0.4) is 0 Å². The molecule has 0 aromatic carbocycles. The molecule has 2 atom stereocenters. The smallest absolute Gasteiger partial charge is 0.264 e. The van der Waals surface area contributed by atoms with Gasteiger partial charge in [-0.05, 0) is 28.4 Å². The second-order valence-corrected chi connectivity index (χ2v) is 6.37. The van der Waals surface area contributed by atoms with Gasteiger partial charge in [0.1, 0.15) is 10.7 Å². The highest BCUT2D eigenvalue weighted by Gasteiger charge is 2.28. The summed E-state index contributed by atoms with van der Waals surface area (Å²) in [6, 6.07) is 1.81. The van der Waals surface area contributed by atoms with Crippen molar-refractivity contribution in [2.24, 2.45) is 0 Å². The molecule has 0 saturated carbocycles. The summed E-state index contributed by atoms with van der Waals surface area (Å²) in [7, 11) is -3.41. The number of halogens is 1. The first-order valence-corrected chi connectivity index (χ1v) is 7.75. The van der Waals surface area contributed by atoms with E-state index >= 15 is 0 Å². The molecule has 1 N–H and O–H groups in total. The van der Waals surface area contributed by atoms with Crippen LogP contribution in [0.15, 0.2) is 10.7 Å². The zero-order valence-electron chi connectivity index (χ0n) is 9.22. The molecule has 1 fully saturated rings. The molecule has 1 aliphatic heterocycles. The van der Waals surface area contributed by atoms with Crippen LogP contribution in [0.1, 0.15) is 24.6 Å². The first-order valence-electron chi connectivity index (χ1n) is 5.15. The van der Waals surface area contributed by atoms with Gasteiger partial charge in [-0.1, -0.05) is 0 Å². The molecular formula is C9H13BrN2O4S. The van der Waals surface area contributed by atoms with E-state index in [1.807, 2.05) is 6.07 Å². The molecule has 6 nitrogen and oxygen atoms in total. The Morgan fingerprint density at radius 3 is 3.00 bits per heavy atom. The second kappa shape index (κ2) is 5.05. The van der Waals surface area contributed by atoms with E-state index in [9.17, 15) is 8.42 Å². The summed E-state index contributed by atoms with van der Waals surface area (Å²) in [6.45, 7) is 0.474. The van der Waals surface area contributed by atoms with Crippen molar-refractivity contribution in [2.45, 2.75) is 25.0 Å². The number of rotatable bonds is 3. The Morgan fingerprint density at radius 1 is 1.65 bits per heavy atom. The molecule has 96 valence electrons. The van der Waals surface area contributed by atoms with Crippen molar-refractivity contribution in [3.05, 3.63) is 16.4 Å². The van der Waals surface area contributed by atoms with E-state index in [1.165, 1.54) is 0 Å². The molecule has 0 bridgehead atoms. The lowest BCUT2D eigenvalue weighted by molar-refractivity contribution is -0.0362. The third-order valence-corrected chi connectivity index (χ3v) is 3.49. The minimum absolute atomic E-state index is 0.200. The summed E-state index contributed by atoms with van der Waals surface area (Å²) >= 11 is 3.24. The maximum Gasteiger partial charge on any atom is 0.264 e. The Morgan fingerprint density at radius 2 is 2.41 bits per heavy atom. The van der Waals surface area contributed by atoms with E-state index in [4.69, 9.17) is 8.92 Å². The van der Waals surface area contributed by atoms with Crippen molar-refractivity contribution in [1.82, 2.24) is 10.2 Å². The number of hydrogen-bond acceptors (Lipinski definition) is 5. The largest absolute Gasteiger partial charge is 0.372 e. The highest BCUT2D eigenvalue weighted by atomic mass is 79.9. The van der Waals surface area contributed by atoms with Gasteiger partial charge in [0, 0.05) is 13.0 Å². The molecule has 8 heteroatoms. The normalized spacial score (nSPS) is 26.0. The van der Waals surface area contributed by atoms with Crippen molar-refractivity contribution in [1.29, 1.82) is 0 Å². The van der Waals surface area contributed by atoms with Crippen LogP contribution in [-0.4, -0.2) is 37.6 Å². The zero-order chi connectivity index (χ0) is 12.5. The molecule has 0 amide bonds. The zero-order valence-corrected chi connectivity index (χ0v) is 11.6. The molecule has 17 heavy (non-hydrogen) atoms. The maximum atomic E-state index is 11.1. The molecule has 0 spiro atoms. The Bertz CT molecular complexity index is 487. The number of nitrogens with one attached hydrogen (secondary N) is 1. The lowest BCUT2D eigenvalue weighted by Gasteiger charge is -2.27. The monoisotopic (exact) mass is 324 g/mol. The summed E-state index contributed by atoms with van der Waals surface area (Å²) in [5, 5.41) is 6.78. The molecule has 1 aliphatic rings. The van der Waals surface area contributed by atoms with Crippen molar-refractivity contribution in [2.75, 3.05) is 12.9 Å². The van der Waals surface area contributed by atoms with Gasteiger partial charge in [-0.3, -0.25) is 9.28 Å². The lowest BCUT2D eigenvalue weighted by atomic mass is 10.0. The van der Waals surface area contributed by atoms with Crippen LogP contribution in [0.4, 0.5) is 0 Å². The molecule has 2 rings (SSSR count). The molecule has 0 aliphatic carbocycles. The lowest BCUT2D eigenvalue weighted by Crippen LogP contribution is -2.28. The minimum atomic E-state index is -3.41. The van der Waals surface area contributed by atoms with E-state index in [0.29, 0.717) is 24.1 Å². The quantitative estimate of drug-likeness (QED) is 0.849. The topological polar surface area (TPSA) is 81.3 Å². The summed E-state index contributed by atoms with van der Waals surface area (Å²) < 4.78 is 33.3. The first-order chi connectivity index (χ1) is 7.94. The number of H-pyrrole nitrogens is 1. The molecule has 1 aromatic rings. The highest BCUT2D eigenvalue weighted by Crippen LogP contribution is 2.30. The SMILES string of the molecule is CS(=O)(=O)OC1CCOC(c2cc(Br)n[nH]2)C1. The van der Waals surface area contributed by atoms with Crippen LogP contribution in [0.25, 0.3) is 0 Å². The number of nitrogens with zero attached hydrogens (tertiary/aromatic N) is 1. The fraction of sp³-hybridized carbons (Fsp3) is 0.667. The number of aromatic nitrogens is 2. The van der Waals surface area contributed by atoms with Gasteiger partial charge in [0.05, 0.1) is 18.1 Å². The minimum Gasteiger partial charge on any atom is -0.372 e. The van der Waals surface area contributed by atoms with Crippen LogP contribution in [-0.2, 0) is 19.0 Å². The fourth-order valence-electron chi connectivity index (χ4n) is 1.79. The Labute approximate surface area is 108 Å². The second-order valence-electron chi connectivity index (χ2n) is 3.95. The predicted molar refractivity (Wildman–Crippen MR) is 63.9 cm³/mol. The number of aromatic amines is 1. The predicted octanol–water partition coefficient (Wildman–Crippen LogP) is 1.37. The van der Waals surface area contributed by atoms with Crippen LogP contribution < -0.4 is 0 Å². The molecule has 0 radical (unpaired) electrons. The van der Waals surface area contributed by atoms with Gasteiger partial charge in [0.25, 0.3) is 10.1 Å². The van der Waals surface area contributed by atoms with Gasteiger partial charge in [-0.15, -0.1) is 0 Å². The van der Waals surface area contributed by atoms with Gasteiger partial charge in [-0.25, -0.2) is 0 Å². The summed E-state index contributed by atoms with van der Waals surface area (Å²) in [5.74, 6) is 0. The molecule has 1 saturated heterocycles. The number of hydrogen-bond donors (Lipinski definition) is 1. The van der Waals surface area contributed by atoms with E-state index in [1.54, 1.807) is 0 Å². The van der Waals surface area contributed by atoms with Gasteiger partial charge in [-0.2, -0.15) is 13.5 Å². The molecule has 2 heterocycles. The molecule has 2 unspecified atom stereocenters. The highest BCUT2D eigenvalue weighted by molar-refractivity contribution is 9.10.